The number of piperazine rings is 1. The van der Waals surface area contributed by atoms with E-state index < -0.39 is 0 Å². The summed E-state index contributed by atoms with van der Waals surface area (Å²) in [6.45, 7) is 3.20. The molecule has 2 aliphatic rings. The zero-order valence-corrected chi connectivity index (χ0v) is 15.0. The van der Waals surface area contributed by atoms with Crippen LogP contribution in [0.2, 0.25) is 0 Å². The summed E-state index contributed by atoms with van der Waals surface area (Å²) in [6.07, 6.45) is 3.88. The highest BCUT2D eigenvalue weighted by Crippen LogP contribution is 2.31. The number of halogens is 1. The summed E-state index contributed by atoms with van der Waals surface area (Å²) < 4.78 is 11.1. The Morgan fingerprint density at radius 2 is 2.25 bits per heavy atom. The minimum absolute atomic E-state index is 0. The van der Waals surface area contributed by atoms with Crippen molar-refractivity contribution in [3.8, 4) is 5.75 Å². The second-order valence-corrected chi connectivity index (χ2v) is 6.22. The summed E-state index contributed by atoms with van der Waals surface area (Å²) >= 11 is 0. The third-order valence-corrected chi connectivity index (χ3v) is 4.77. The minimum atomic E-state index is 0. The fourth-order valence-corrected chi connectivity index (χ4v) is 3.52. The fourth-order valence-electron chi connectivity index (χ4n) is 3.52. The Balaban J connectivity index is 0.00000208. The summed E-state index contributed by atoms with van der Waals surface area (Å²) in [6, 6.07) is 8.01. The van der Waals surface area contributed by atoms with Gasteiger partial charge in [0.05, 0.1) is 19.3 Å². The first-order valence-electron chi connectivity index (χ1n) is 8.54. The van der Waals surface area contributed by atoms with Gasteiger partial charge in [0, 0.05) is 38.2 Å². The first kappa shape index (κ1) is 19.0. The molecular weight excluding hydrogens is 328 g/mol. The lowest BCUT2D eigenvalue weighted by molar-refractivity contribution is -0.135. The van der Waals surface area contributed by atoms with E-state index in [2.05, 4.69) is 11.4 Å². The number of methoxy groups -OCH3 is 1. The Morgan fingerprint density at radius 1 is 1.42 bits per heavy atom. The summed E-state index contributed by atoms with van der Waals surface area (Å²) in [5.74, 6) is 1.07. The van der Waals surface area contributed by atoms with Gasteiger partial charge in [-0.15, -0.1) is 12.4 Å². The maximum Gasteiger partial charge on any atom is 0.223 e. The van der Waals surface area contributed by atoms with Crippen molar-refractivity contribution in [2.24, 2.45) is 0 Å². The molecule has 0 saturated carbocycles. The third kappa shape index (κ3) is 4.41. The van der Waals surface area contributed by atoms with Gasteiger partial charge in [0.1, 0.15) is 5.75 Å². The van der Waals surface area contributed by atoms with Gasteiger partial charge in [0.2, 0.25) is 5.91 Å². The van der Waals surface area contributed by atoms with Crippen molar-refractivity contribution in [2.75, 3.05) is 33.4 Å². The highest BCUT2D eigenvalue weighted by Gasteiger charge is 2.30. The van der Waals surface area contributed by atoms with E-state index in [4.69, 9.17) is 9.47 Å². The second-order valence-electron chi connectivity index (χ2n) is 6.22. The molecule has 2 aliphatic heterocycles. The maximum atomic E-state index is 12.7. The monoisotopic (exact) mass is 354 g/mol. The molecule has 0 bridgehead atoms. The maximum absolute atomic E-state index is 12.7. The first-order chi connectivity index (χ1) is 11.3. The molecule has 1 aromatic rings. The number of nitrogens with zero attached hydrogens (tertiary/aromatic N) is 1. The van der Waals surface area contributed by atoms with Gasteiger partial charge in [-0.25, -0.2) is 0 Å². The van der Waals surface area contributed by atoms with Crippen LogP contribution in [0.5, 0.6) is 5.75 Å². The van der Waals surface area contributed by atoms with Crippen LogP contribution in [0.15, 0.2) is 24.3 Å². The topological polar surface area (TPSA) is 50.8 Å². The fraction of sp³-hybridized carbons (Fsp3) is 0.611. The molecule has 2 atom stereocenters. The number of ether oxygens (including phenoxy) is 2. The van der Waals surface area contributed by atoms with Gasteiger partial charge in [-0.05, 0) is 25.3 Å². The van der Waals surface area contributed by atoms with E-state index in [0.29, 0.717) is 6.42 Å². The molecule has 134 valence electrons. The minimum Gasteiger partial charge on any atom is -0.496 e. The van der Waals surface area contributed by atoms with Crippen molar-refractivity contribution >= 4 is 18.3 Å². The Labute approximate surface area is 150 Å². The van der Waals surface area contributed by atoms with Crippen LogP contribution in [0.4, 0.5) is 0 Å². The molecule has 0 aromatic heterocycles. The Bertz CT molecular complexity index is 535. The number of benzene rings is 1. The summed E-state index contributed by atoms with van der Waals surface area (Å²) in [5.41, 5.74) is 1.08. The number of nitrogens with one attached hydrogen (secondary N) is 1. The van der Waals surface area contributed by atoms with Crippen molar-refractivity contribution in [3.63, 3.8) is 0 Å². The molecule has 0 aliphatic carbocycles. The molecule has 6 heteroatoms. The molecule has 2 unspecified atom stereocenters. The number of hydrogen-bond donors (Lipinski definition) is 1. The Hall–Kier alpha value is -1.30. The van der Waals surface area contributed by atoms with Crippen molar-refractivity contribution in [1.29, 1.82) is 0 Å². The average molecular weight is 355 g/mol. The van der Waals surface area contributed by atoms with Crippen molar-refractivity contribution in [2.45, 2.75) is 37.8 Å². The predicted molar refractivity (Wildman–Crippen MR) is 95.8 cm³/mol. The van der Waals surface area contributed by atoms with Crippen molar-refractivity contribution < 1.29 is 14.3 Å². The molecule has 0 radical (unpaired) electrons. The molecule has 2 heterocycles. The Morgan fingerprint density at radius 3 is 3.00 bits per heavy atom. The highest BCUT2D eigenvalue weighted by molar-refractivity contribution is 5.85. The van der Waals surface area contributed by atoms with Gasteiger partial charge in [-0.3, -0.25) is 4.79 Å². The van der Waals surface area contributed by atoms with Crippen molar-refractivity contribution in [3.05, 3.63) is 29.8 Å². The molecule has 5 nitrogen and oxygen atoms in total. The van der Waals surface area contributed by atoms with Gasteiger partial charge in [0.15, 0.2) is 0 Å². The van der Waals surface area contributed by atoms with Gasteiger partial charge >= 0.3 is 0 Å². The summed E-state index contributed by atoms with van der Waals surface area (Å²) in [5, 5.41) is 3.39. The number of hydrogen-bond acceptors (Lipinski definition) is 4. The molecule has 1 N–H and O–H groups in total. The van der Waals surface area contributed by atoms with Gasteiger partial charge in [0.25, 0.3) is 0 Å². The number of carbonyl (C=O) groups excluding carboxylic acids is 1. The largest absolute Gasteiger partial charge is 0.496 e. The van der Waals surface area contributed by atoms with Gasteiger partial charge < -0.3 is 19.7 Å². The molecule has 2 saturated heterocycles. The molecule has 3 rings (SSSR count). The molecule has 2 fully saturated rings. The summed E-state index contributed by atoms with van der Waals surface area (Å²) in [7, 11) is 1.68. The van der Waals surface area contributed by atoms with E-state index >= 15 is 0 Å². The molecule has 24 heavy (non-hydrogen) atoms. The van der Waals surface area contributed by atoms with Crippen molar-refractivity contribution in [1.82, 2.24) is 10.2 Å². The van der Waals surface area contributed by atoms with E-state index in [1.807, 2.05) is 23.1 Å². The first-order valence-corrected chi connectivity index (χ1v) is 8.54. The number of carbonyl (C=O) groups is 1. The zero-order chi connectivity index (χ0) is 16.1. The number of amides is 1. The Kier molecular flexibility index (Phi) is 7.34. The van der Waals surface area contributed by atoms with Crippen LogP contribution in [-0.2, 0) is 9.53 Å². The van der Waals surface area contributed by atoms with E-state index in [1.165, 1.54) is 0 Å². The lowest BCUT2D eigenvalue weighted by Crippen LogP contribution is -2.48. The SMILES string of the molecule is COc1ccccc1C1CNCCN1C(=O)CCC1CCCO1.Cl. The van der Waals surface area contributed by atoms with E-state index in [9.17, 15) is 4.79 Å². The highest BCUT2D eigenvalue weighted by atomic mass is 35.5. The van der Waals surface area contributed by atoms with Crippen LogP contribution >= 0.6 is 12.4 Å². The molecule has 1 aromatic carbocycles. The number of rotatable bonds is 5. The van der Waals surface area contributed by atoms with E-state index in [-0.39, 0.29) is 30.5 Å². The second kappa shape index (κ2) is 9.25. The molecule has 1 amide bonds. The molecular formula is C18H27ClN2O3. The molecule has 0 spiro atoms. The van der Waals surface area contributed by atoms with Crippen LogP contribution in [-0.4, -0.2) is 50.3 Å². The van der Waals surface area contributed by atoms with Crippen LogP contribution in [0.25, 0.3) is 0 Å². The van der Waals surface area contributed by atoms with E-state index in [1.54, 1.807) is 7.11 Å². The quantitative estimate of drug-likeness (QED) is 0.882. The van der Waals surface area contributed by atoms with Gasteiger partial charge in [-0.1, -0.05) is 18.2 Å². The third-order valence-electron chi connectivity index (χ3n) is 4.77. The van der Waals surface area contributed by atoms with Crippen LogP contribution in [0.3, 0.4) is 0 Å². The standard InChI is InChI=1S/C18H26N2O3.ClH/c1-22-17-7-3-2-6-15(17)16-13-19-10-11-20(16)18(21)9-8-14-5-4-12-23-14;/h2-3,6-7,14,16,19H,4-5,8-13H2,1H3;1H. The smallest absolute Gasteiger partial charge is 0.223 e. The van der Waals surface area contributed by atoms with Gasteiger partial charge in [-0.2, -0.15) is 0 Å². The lowest BCUT2D eigenvalue weighted by Gasteiger charge is -2.37. The average Bonchev–Trinajstić information content (AvgIpc) is 3.13. The zero-order valence-electron chi connectivity index (χ0n) is 14.2. The lowest BCUT2D eigenvalue weighted by atomic mass is 10.0. The van der Waals surface area contributed by atoms with E-state index in [0.717, 1.165) is 56.8 Å². The summed E-state index contributed by atoms with van der Waals surface area (Å²) in [4.78, 5) is 14.7. The predicted octanol–water partition coefficient (Wildman–Crippen LogP) is 2.55. The van der Waals surface area contributed by atoms with Crippen LogP contribution < -0.4 is 10.1 Å². The van der Waals surface area contributed by atoms with Crippen LogP contribution in [0.1, 0.15) is 37.3 Å². The number of para-hydroxylation sites is 1. The van der Waals surface area contributed by atoms with Crippen LogP contribution in [0, 0.1) is 0 Å². The normalized spacial score (nSPS) is 23.6.